The van der Waals surface area contributed by atoms with E-state index in [9.17, 15) is 5.26 Å². The second-order valence-electron chi connectivity index (χ2n) is 6.39. The highest BCUT2D eigenvalue weighted by molar-refractivity contribution is 6.32. The minimum atomic E-state index is -0.662. The van der Waals surface area contributed by atoms with Crippen LogP contribution < -0.4 is 5.32 Å². The SMILES string of the molecule is Cc1cnc(Nc2ccc(C#N)cc2)nc1C(C#N)c1ccc(C#N)c(Cl)c1C. The minimum absolute atomic E-state index is 0.341. The molecule has 6 nitrogen and oxygen atoms in total. The molecule has 0 spiro atoms. The van der Waals surface area contributed by atoms with Crippen molar-refractivity contribution in [1.29, 1.82) is 15.8 Å². The Labute approximate surface area is 173 Å². The van der Waals surface area contributed by atoms with E-state index in [1.54, 1.807) is 49.5 Å². The molecule has 0 aliphatic heterocycles. The van der Waals surface area contributed by atoms with E-state index in [1.165, 1.54) is 0 Å². The third-order valence-electron chi connectivity index (χ3n) is 4.54. The third kappa shape index (κ3) is 4.01. The summed E-state index contributed by atoms with van der Waals surface area (Å²) >= 11 is 6.29. The van der Waals surface area contributed by atoms with Crippen molar-refractivity contribution in [2.24, 2.45) is 0 Å². The fourth-order valence-corrected chi connectivity index (χ4v) is 3.16. The van der Waals surface area contributed by atoms with Gasteiger partial charge in [-0.1, -0.05) is 17.7 Å². The molecule has 0 amide bonds. The first-order valence-corrected chi connectivity index (χ1v) is 9.05. The molecule has 0 saturated heterocycles. The minimum Gasteiger partial charge on any atom is -0.324 e. The van der Waals surface area contributed by atoms with Gasteiger partial charge in [0.2, 0.25) is 5.95 Å². The number of hydrogen-bond acceptors (Lipinski definition) is 6. The van der Waals surface area contributed by atoms with Crippen LogP contribution in [0.1, 0.15) is 39.4 Å². The zero-order chi connectivity index (χ0) is 21.0. The summed E-state index contributed by atoms with van der Waals surface area (Å²) in [5, 5.41) is 31.4. The van der Waals surface area contributed by atoms with Crippen molar-refractivity contribution in [3.05, 3.63) is 81.1 Å². The van der Waals surface area contributed by atoms with E-state index in [0.29, 0.717) is 38.9 Å². The van der Waals surface area contributed by atoms with E-state index in [0.717, 1.165) is 11.3 Å². The van der Waals surface area contributed by atoms with Gasteiger partial charge in [-0.2, -0.15) is 15.8 Å². The van der Waals surface area contributed by atoms with E-state index in [2.05, 4.69) is 27.4 Å². The lowest BCUT2D eigenvalue weighted by molar-refractivity contribution is 0.918. The molecule has 29 heavy (non-hydrogen) atoms. The van der Waals surface area contributed by atoms with Crippen LogP contribution in [0, 0.1) is 47.8 Å². The highest BCUT2D eigenvalue weighted by Crippen LogP contribution is 2.33. The first-order valence-electron chi connectivity index (χ1n) is 8.68. The third-order valence-corrected chi connectivity index (χ3v) is 5.03. The zero-order valence-electron chi connectivity index (χ0n) is 15.7. The Balaban J connectivity index is 2.00. The first kappa shape index (κ1) is 19.8. The molecule has 0 aliphatic rings. The molecule has 0 fully saturated rings. The molecule has 0 saturated carbocycles. The summed E-state index contributed by atoms with van der Waals surface area (Å²) in [4.78, 5) is 8.84. The fraction of sp³-hybridized carbons (Fsp3) is 0.136. The number of nitriles is 3. The number of anilines is 2. The van der Waals surface area contributed by atoms with Crippen LogP contribution in [0.3, 0.4) is 0 Å². The van der Waals surface area contributed by atoms with Gasteiger partial charge in [0.1, 0.15) is 12.0 Å². The van der Waals surface area contributed by atoms with Crippen molar-refractivity contribution in [3.63, 3.8) is 0 Å². The zero-order valence-corrected chi connectivity index (χ0v) is 16.5. The maximum Gasteiger partial charge on any atom is 0.227 e. The summed E-state index contributed by atoms with van der Waals surface area (Å²) in [6.45, 7) is 3.63. The van der Waals surface area contributed by atoms with Crippen molar-refractivity contribution in [2.75, 3.05) is 5.32 Å². The lowest BCUT2D eigenvalue weighted by Crippen LogP contribution is -2.09. The van der Waals surface area contributed by atoms with E-state index in [1.807, 2.05) is 13.0 Å². The molecule has 1 heterocycles. The van der Waals surface area contributed by atoms with Crippen LogP contribution in [0.15, 0.2) is 42.6 Å². The molecule has 7 heteroatoms. The predicted octanol–water partition coefficient (Wildman–Crippen LogP) is 4.89. The van der Waals surface area contributed by atoms with Crippen molar-refractivity contribution in [1.82, 2.24) is 9.97 Å². The van der Waals surface area contributed by atoms with Crippen LogP contribution in [0.25, 0.3) is 0 Å². The number of aryl methyl sites for hydroxylation is 1. The quantitative estimate of drug-likeness (QED) is 0.670. The van der Waals surface area contributed by atoms with Crippen LogP contribution in [0.5, 0.6) is 0 Å². The molecule has 3 rings (SSSR count). The smallest absolute Gasteiger partial charge is 0.227 e. The van der Waals surface area contributed by atoms with E-state index in [-0.39, 0.29) is 0 Å². The van der Waals surface area contributed by atoms with Crippen LogP contribution in [-0.4, -0.2) is 9.97 Å². The van der Waals surface area contributed by atoms with Crippen molar-refractivity contribution in [2.45, 2.75) is 19.8 Å². The number of nitrogens with zero attached hydrogens (tertiary/aromatic N) is 5. The van der Waals surface area contributed by atoms with Crippen LogP contribution in [-0.2, 0) is 0 Å². The lowest BCUT2D eigenvalue weighted by Gasteiger charge is -2.16. The van der Waals surface area contributed by atoms with Crippen molar-refractivity contribution >= 4 is 23.2 Å². The summed E-state index contributed by atoms with van der Waals surface area (Å²) in [5.74, 6) is -0.322. The molecule has 1 unspecified atom stereocenters. The van der Waals surface area contributed by atoms with E-state index >= 15 is 0 Å². The molecule has 3 aromatic rings. The largest absolute Gasteiger partial charge is 0.324 e. The fourth-order valence-electron chi connectivity index (χ4n) is 2.94. The molecule has 1 N–H and O–H groups in total. The Morgan fingerprint density at radius 1 is 1.00 bits per heavy atom. The number of rotatable bonds is 4. The molecular weight excluding hydrogens is 384 g/mol. The lowest BCUT2D eigenvalue weighted by atomic mass is 9.90. The van der Waals surface area contributed by atoms with Crippen LogP contribution >= 0.6 is 11.6 Å². The molecule has 140 valence electrons. The summed E-state index contributed by atoms with van der Waals surface area (Å²) in [6.07, 6.45) is 1.65. The van der Waals surface area contributed by atoms with Gasteiger partial charge in [-0.3, -0.25) is 0 Å². The van der Waals surface area contributed by atoms with Gasteiger partial charge < -0.3 is 5.32 Å². The average Bonchev–Trinajstić information content (AvgIpc) is 2.74. The van der Waals surface area contributed by atoms with Gasteiger partial charge in [0.25, 0.3) is 0 Å². The monoisotopic (exact) mass is 398 g/mol. The standard InChI is InChI=1S/C22H15ClN6/c1-13-12-27-22(28-17-6-3-15(9-24)4-7-17)29-21(13)19(11-26)18-8-5-16(10-25)20(23)14(18)2/h3-8,12,19H,1-2H3,(H,27,28,29). The number of hydrogen-bond donors (Lipinski definition) is 1. The Morgan fingerprint density at radius 2 is 1.72 bits per heavy atom. The second-order valence-corrected chi connectivity index (χ2v) is 6.77. The first-order chi connectivity index (χ1) is 14.0. The summed E-state index contributed by atoms with van der Waals surface area (Å²) in [5.41, 5.74) is 4.35. The number of benzene rings is 2. The van der Waals surface area contributed by atoms with E-state index < -0.39 is 5.92 Å². The van der Waals surface area contributed by atoms with Crippen molar-refractivity contribution < 1.29 is 0 Å². The molecule has 1 atom stereocenters. The topological polar surface area (TPSA) is 109 Å². The van der Waals surface area contributed by atoms with Gasteiger partial charge in [0, 0.05) is 11.9 Å². The van der Waals surface area contributed by atoms with Gasteiger partial charge in [-0.05, 0) is 60.9 Å². The van der Waals surface area contributed by atoms with Crippen LogP contribution in [0.2, 0.25) is 5.02 Å². The second kappa shape index (κ2) is 8.40. The highest BCUT2D eigenvalue weighted by Gasteiger charge is 2.22. The maximum atomic E-state index is 9.87. The molecule has 0 aliphatic carbocycles. The maximum absolute atomic E-state index is 9.87. The van der Waals surface area contributed by atoms with Crippen molar-refractivity contribution in [3.8, 4) is 18.2 Å². The Kier molecular flexibility index (Phi) is 5.74. The average molecular weight is 399 g/mol. The number of aromatic nitrogens is 2. The predicted molar refractivity (Wildman–Crippen MR) is 110 cm³/mol. The molecular formula is C22H15ClN6. The highest BCUT2D eigenvalue weighted by atomic mass is 35.5. The Bertz CT molecular complexity index is 1200. The number of halogens is 1. The molecule has 0 bridgehead atoms. The summed E-state index contributed by atoms with van der Waals surface area (Å²) in [7, 11) is 0. The Hall–Kier alpha value is -3.92. The molecule has 2 aromatic carbocycles. The van der Waals surface area contributed by atoms with Gasteiger partial charge >= 0.3 is 0 Å². The van der Waals surface area contributed by atoms with Gasteiger partial charge in [-0.25, -0.2) is 9.97 Å². The summed E-state index contributed by atoms with van der Waals surface area (Å²) in [6, 6.07) is 16.7. The normalized spacial score (nSPS) is 11.0. The van der Waals surface area contributed by atoms with E-state index in [4.69, 9.17) is 22.1 Å². The molecule has 0 radical (unpaired) electrons. The van der Waals surface area contributed by atoms with Gasteiger partial charge in [0.15, 0.2) is 0 Å². The van der Waals surface area contributed by atoms with Gasteiger partial charge in [-0.15, -0.1) is 0 Å². The van der Waals surface area contributed by atoms with Gasteiger partial charge in [0.05, 0.1) is 34.0 Å². The number of nitrogens with one attached hydrogen (secondary N) is 1. The Morgan fingerprint density at radius 3 is 2.34 bits per heavy atom. The molecule has 1 aromatic heterocycles. The van der Waals surface area contributed by atoms with Crippen LogP contribution in [0.4, 0.5) is 11.6 Å². The summed E-state index contributed by atoms with van der Waals surface area (Å²) < 4.78 is 0.